The fourth-order valence-corrected chi connectivity index (χ4v) is 4.11. The van der Waals surface area contributed by atoms with Crippen molar-refractivity contribution in [3.63, 3.8) is 0 Å². The van der Waals surface area contributed by atoms with Crippen LogP contribution >= 0.6 is 23.4 Å². The first-order chi connectivity index (χ1) is 16.5. The summed E-state index contributed by atoms with van der Waals surface area (Å²) >= 11 is 6.88. The van der Waals surface area contributed by atoms with Gasteiger partial charge < -0.3 is 5.11 Å². The molecule has 0 fully saturated rings. The molecular weight excluding hydrogens is 507 g/mol. The van der Waals surface area contributed by atoms with Crippen LogP contribution in [0.1, 0.15) is 37.4 Å². The van der Waals surface area contributed by atoms with Crippen molar-refractivity contribution in [2.75, 3.05) is 0 Å². The SMILES string of the molecule is O=C(O)c1ccc(C(=O)/C(=C\c2ccc(Cl)c([N+](=O)[O-])c2)SCc2ccc(C(F)(F)F)cc2)cc1. The van der Waals surface area contributed by atoms with Crippen molar-refractivity contribution in [1.29, 1.82) is 0 Å². The smallest absolute Gasteiger partial charge is 0.416 e. The van der Waals surface area contributed by atoms with Gasteiger partial charge in [-0.1, -0.05) is 41.9 Å². The summed E-state index contributed by atoms with van der Waals surface area (Å²) in [7, 11) is 0. The molecule has 180 valence electrons. The number of alkyl halides is 3. The minimum Gasteiger partial charge on any atom is -0.478 e. The first-order valence-electron chi connectivity index (χ1n) is 9.78. The van der Waals surface area contributed by atoms with Crippen molar-refractivity contribution < 1.29 is 32.8 Å². The standard InChI is InChI=1S/C24H15ClF3NO5S/c25-19-10-3-15(11-20(19)29(33)34)12-21(22(30)16-4-6-17(7-5-16)23(31)32)35-13-14-1-8-18(9-2-14)24(26,27)28/h1-12H,13H2,(H,31,32)/b21-12+. The van der Waals surface area contributed by atoms with Crippen molar-refractivity contribution in [3.8, 4) is 0 Å². The molecule has 0 spiro atoms. The number of rotatable bonds is 8. The molecule has 0 atom stereocenters. The predicted octanol–water partition coefficient (Wildman–Crippen LogP) is 7.12. The summed E-state index contributed by atoms with van der Waals surface area (Å²) in [6.45, 7) is 0. The average Bonchev–Trinajstić information content (AvgIpc) is 2.82. The maximum atomic E-state index is 13.2. The van der Waals surface area contributed by atoms with Crippen LogP contribution in [0.15, 0.2) is 71.6 Å². The van der Waals surface area contributed by atoms with Gasteiger partial charge in [-0.05, 0) is 47.5 Å². The van der Waals surface area contributed by atoms with E-state index in [-0.39, 0.29) is 32.5 Å². The van der Waals surface area contributed by atoms with Gasteiger partial charge in [-0.15, -0.1) is 11.8 Å². The number of Topliss-reactive ketones (excluding diaryl/α,β-unsaturated/α-hetero) is 1. The molecule has 1 N–H and O–H groups in total. The number of nitro groups is 1. The van der Waals surface area contributed by atoms with Gasteiger partial charge in [-0.25, -0.2) is 4.79 Å². The number of aromatic carboxylic acids is 1. The van der Waals surface area contributed by atoms with Gasteiger partial charge in [-0.2, -0.15) is 13.2 Å². The normalized spacial score (nSPS) is 11.8. The summed E-state index contributed by atoms with van der Waals surface area (Å²) in [5, 5.41) is 20.2. The number of benzene rings is 3. The van der Waals surface area contributed by atoms with Crippen LogP contribution in [0.4, 0.5) is 18.9 Å². The third-order valence-corrected chi connectivity index (χ3v) is 6.17. The lowest BCUT2D eigenvalue weighted by Gasteiger charge is -2.10. The van der Waals surface area contributed by atoms with E-state index in [4.69, 9.17) is 16.7 Å². The average molecular weight is 522 g/mol. The molecule has 0 saturated heterocycles. The maximum absolute atomic E-state index is 13.2. The third-order valence-electron chi connectivity index (χ3n) is 4.76. The Bertz CT molecular complexity index is 1310. The van der Waals surface area contributed by atoms with E-state index in [9.17, 15) is 32.9 Å². The molecule has 0 radical (unpaired) electrons. The highest BCUT2D eigenvalue weighted by atomic mass is 35.5. The summed E-state index contributed by atoms with van der Waals surface area (Å²) in [4.78, 5) is 34.9. The Hall–Kier alpha value is -3.63. The van der Waals surface area contributed by atoms with Crippen LogP contribution in [-0.4, -0.2) is 21.8 Å². The Kier molecular flexibility index (Phi) is 7.98. The number of nitro benzene ring substituents is 1. The maximum Gasteiger partial charge on any atom is 0.416 e. The van der Waals surface area contributed by atoms with Crippen molar-refractivity contribution in [3.05, 3.63) is 115 Å². The topological polar surface area (TPSA) is 97.5 Å². The largest absolute Gasteiger partial charge is 0.478 e. The van der Waals surface area contributed by atoms with Gasteiger partial charge in [0, 0.05) is 17.4 Å². The van der Waals surface area contributed by atoms with Gasteiger partial charge in [0.25, 0.3) is 5.69 Å². The highest BCUT2D eigenvalue weighted by Crippen LogP contribution is 2.32. The van der Waals surface area contributed by atoms with Crippen LogP contribution in [0.3, 0.4) is 0 Å². The van der Waals surface area contributed by atoms with Crippen molar-refractivity contribution in [2.45, 2.75) is 11.9 Å². The lowest BCUT2D eigenvalue weighted by Crippen LogP contribution is -2.05. The number of thioether (sulfide) groups is 1. The number of hydrogen-bond acceptors (Lipinski definition) is 5. The van der Waals surface area contributed by atoms with Gasteiger partial charge >= 0.3 is 12.1 Å². The second-order valence-corrected chi connectivity index (χ2v) is 8.60. The highest BCUT2D eigenvalue weighted by Gasteiger charge is 2.30. The number of carbonyl (C=O) groups is 2. The molecule has 11 heteroatoms. The molecule has 0 bridgehead atoms. The zero-order valence-electron chi connectivity index (χ0n) is 17.6. The molecule has 0 aliphatic heterocycles. The Labute approximate surface area is 206 Å². The van der Waals surface area contributed by atoms with Gasteiger partial charge in [-0.3, -0.25) is 14.9 Å². The fraction of sp³-hybridized carbons (Fsp3) is 0.0833. The molecule has 0 aromatic heterocycles. The van der Waals surface area contributed by atoms with Crippen LogP contribution in [0.25, 0.3) is 6.08 Å². The molecular formula is C24H15ClF3NO5S. The van der Waals surface area contributed by atoms with E-state index in [1.165, 1.54) is 60.7 Å². The first kappa shape index (κ1) is 26.0. The number of carboxylic acids is 1. The monoisotopic (exact) mass is 521 g/mol. The van der Waals surface area contributed by atoms with Crippen LogP contribution in [-0.2, 0) is 11.9 Å². The zero-order chi connectivity index (χ0) is 25.8. The van der Waals surface area contributed by atoms with E-state index in [2.05, 4.69) is 0 Å². The lowest BCUT2D eigenvalue weighted by atomic mass is 10.1. The summed E-state index contributed by atoms with van der Waals surface area (Å²) in [5.41, 5.74) is -0.171. The summed E-state index contributed by atoms with van der Waals surface area (Å²) < 4.78 is 38.4. The zero-order valence-corrected chi connectivity index (χ0v) is 19.2. The van der Waals surface area contributed by atoms with Crippen LogP contribution in [0, 0.1) is 10.1 Å². The molecule has 0 aliphatic carbocycles. The van der Waals surface area contributed by atoms with Gasteiger partial charge in [0.05, 0.1) is 21.0 Å². The van der Waals surface area contributed by atoms with E-state index in [0.29, 0.717) is 11.1 Å². The van der Waals surface area contributed by atoms with E-state index in [0.717, 1.165) is 23.9 Å². The van der Waals surface area contributed by atoms with Crippen LogP contribution in [0.2, 0.25) is 5.02 Å². The van der Waals surface area contributed by atoms with Crippen LogP contribution < -0.4 is 0 Å². The summed E-state index contributed by atoms with van der Waals surface area (Å²) in [5.74, 6) is -1.51. The van der Waals surface area contributed by atoms with Gasteiger partial charge in [0.2, 0.25) is 0 Å². The van der Waals surface area contributed by atoms with E-state index in [1.54, 1.807) is 0 Å². The van der Waals surface area contributed by atoms with E-state index >= 15 is 0 Å². The molecule has 0 unspecified atom stereocenters. The molecule has 0 saturated carbocycles. The second-order valence-electron chi connectivity index (χ2n) is 7.17. The number of hydrogen-bond donors (Lipinski definition) is 1. The number of carboxylic acid groups (broad SMARTS) is 1. The predicted molar refractivity (Wildman–Crippen MR) is 127 cm³/mol. The second kappa shape index (κ2) is 10.7. The Morgan fingerprint density at radius 2 is 1.60 bits per heavy atom. The van der Waals surface area contributed by atoms with E-state index in [1.807, 2.05) is 0 Å². The number of halogens is 4. The number of allylic oxidation sites excluding steroid dienone is 1. The Morgan fingerprint density at radius 3 is 2.14 bits per heavy atom. The van der Waals surface area contributed by atoms with Crippen LogP contribution in [0.5, 0.6) is 0 Å². The van der Waals surface area contributed by atoms with Crippen molar-refractivity contribution in [2.24, 2.45) is 0 Å². The quantitative estimate of drug-likeness (QED) is 0.147. The molecule has 6 nitrogen and oxygen atoms in total. The minimum atomic E-state index is -4.47. The highest BCUT2D eigenvalue weighted by molar-refractivity contribution is 8.03. The van der Waals surface area contributed by atoms with Gasteiger partial charge in [0.1, 0.15) is 5.02 Å². The lowest BCUT2D eigenvalue weighted by molar-refractivity contribution is -0.384. The number of carbonyl (C=O) groups excluding carboxylic acids is 1. The van der Waals surface area contributed by atoms with Crippen molar-refractivity contribution in [1.82, 2.24) is 0 Å². The molecule has 0 aliphatic rings. The molecule has 0 heterocycles. The molecule has 0 amide bonds. The minimum absolute atomic E-state index is 0.0159. The Morgan fingerprint density at radius 1 is 1.00 bits per heavy atom. The molecule has 3 aromatic carbocycles. The number of nitrogens with zero attached hydrogens (tertiary/aromatic N) is 1. The Balaban J connectivity index is 1.94. The fourth-order valence-electron chi connectivity index (χ4n) is 2.94. The van der Waals surface area contributed by atoms with Gasteiger partial charge in [0.15, 0.2) is 5.78 Å². The summed E-state index contributed by atoms with van der Waals surface area (Å²) in [6.07, 6.45) is -3.07. The molecule has 35 heavy (non-hydrogen) atoms. The van der Waals surface area contributed by atoms with E-state index < -0.39 is 28.4 Å². The molecule has 3 rings (SSSR count). The number of ketones is 1. The molecule has 3 aromatic rings. The summed E-state index contributed by atoms with van der Waals surface area (Å²) in [6, 6.07) is 13.7. The van der Waals surface area contributed by atoms with Crippen molar-refractivity contribution >= 4 is 46.9 Å². The first-order valence-corrected chi connectivity index (χ1v) is 11.1. The third kappa shape index (κ3) is 6.71.